The van der Waals surface area contributed by atoms with Crippen LogP contribution in [0, 0.1) is 10.1 Å². The van der Waals surface area contributed by atoms with Crippen LogP contribution in [0.15, 0.2) is 108 Å². The standard InChI is InChI=1S/C28H19ClN4O4/c29-20-12-8-11-19(17-20)28(18-9-2-1-3-10-18)22-14-5-6-15-23(22)30-27(35)25(32-28)31-26(34)21-13-4-7-16-24(21)33(36)37/h1-17H,(H,30,35)(H,31,32,34). The Morgan fingerprint density at radius 1 is 0.892 bits per heavy atom. The molecule has 8 nitrogen and oxygen atoms in total. The van der Waals surface area contributed by atoms with Gasteiger partial charge in [0.2, 0.25) is 0 Å². The first kappa shape index (κ1) is 23.9. The molecular formula is C28H19ClN4O4. The van der Waals surface area contributed by atoms with E-state index in [1.54, 1.807) is 30.3 Å². The second-order valence-corrected chi connectivity index (χ2v) is 8.71. The molecule has 4 aromatic rings. The molecule has 1 aliphatic rings. The maximum atomic E-state index is 13.4. The maximum Gasteiger partial charge on any atom is 0.291 e. The number of carbonyl (C=O) groups is 2. The Morgan fingerprint density at radius 2 is 1.57 bits per heavy atom. The smallest absolute Gasteiger partial charge is 0.291 e. The van der Waals surface area contributed by atoms with Crippen molar-refractivity contribution in [3.63, 3.8) is 0 Å². The van der Waals surface area contributed by atoms with E-state index in [1.807, 2.05) is 48.5 Å². The number of hydrogen-bond acceptors (Lipinski definition) is 5. The number of halogens is 1. The van der Waals surface area contributed by atoms with E-state index in [-0.39, 0.29) is 17.1 Å². The van der Waals surface area contributed by atoms with Crippen LogP contribution in [-0.2, 0) is 10.3 Å². The predicted octanol–water partition coefficient (Wildman–Crippen LogP) is 5.32. The molecule has 0 aromatic heterocycles. The fourth-order valence-electron chi connectivity index (χ4n) is 4.45. The Morgan fingerprint density at radius 3 is 2.32 bits per heavy atom. The summed E-state index contributed by atoms with van der Waals surface area (Å²) in [5.74, 6) is -1.80. The Kier molecular flexibility index (Phi) is 6.25. The minimum absolute atomic E-state index is 0.196. The summed E-state index contributed by atoms with van der Waals surface area (Å²) in [7, 11) is 0. The molecule has 0 saturated heterocycles. The highest BCUT2D eigenvalue weighted by molar-refractivity contribution is 6.45. The number of nitrogens with zero attached hydrogens (tertiary/aromatic N) is 2. The molecule has 0 aliphatic carbocycles. The van der Waals surface area contributed by atoms with Crippen molar-refractivity contribution < 1.29 is 14.5 Å². The Hall–Kier alpha value is -4.82. The van der Waals surface area contributed by atoms with Gasteiger partial charge in [0.25, 0.3) is 17.5 Å². The van der Waals surface area contributed by atoms with E-state index in [0.717, 1.165) is 5.56 Å². The molecular weight excluding hydrogens is 492 g/mol. The zero-order valence-corrected chi connectivity index (χ0v) is 20.0. The summed E-state index contributed by atoms with van der Waals surface area (Å²) in [6, 6.07) is 29.1. The second kappa shape index (κ2) is 9.67. The average molecular weight is 511 g/mol. The highest BCUT2D eigenvalue weighted by Crippen LogP contribution is 2.45. The minimum Gasteiger partial charge on any atom is -0.319 e. The monoisotopic (exact) mass is 510 g/mol. The van der Waals surface area contributed by atoms with Crippen molar-refractivity contribution in [1.82, 2.24) is 5.32 Å². The zero-order chi connectivity index (χ0) is 26.0. The molecule has 0 saturated carbocycles. The average Bonchev–Trinajstić information content (AvgIpc) is 3.03. The van der Waals surface area contributed by atoms with Crippen molar-refractivity contribution in [2.45, 2.75) is 5.54 Å². The number of carbonyl (C=O) groups excluding carboxylic acids is 2. The summed E-state index contributed by atoms with van der Waals surface area (Å²) in [4.78, 5) is 42.3. The minimum atomic E-state index is -1.28. The third-order valence-corrected chi connectivity index (χ3v) is 6.31. The van der Waals surface area contributed by atoms with Crippen LogP contribution in [0.5, 0.6) is 0 Å². The highest BCUT2D eigenvalue weighted by Gasteiger charge is 2.42. The van der Waals surface area contributed by atoms with Gasteiger partial charge < -0.3 is 10.6 Å². The first-order valence-electron chi connectivity index (χ1n) is 11.3. The summed E-state index contributed by atoms with van der Waals surface area (Å²) in [5.41, 5.74) is 0.667. The van der Waals surface area contributed by atoms with Crippen LogP contribution in [0.4, 0.5) is 11.4 Å². The van der Waals surface area contributed by atoms with Crippen LogP contribution in [0.3, 0.4) is 0 Å². The second-order valence-electron chi connectivity index (χ2n) is 8.28. The number of nitrogens with one attached hydrogen (secondary N) is 2. The number of fused-ring (bicyclic) bond motifs is 1. The van der Waals surface area contributed by atoms with Gasteiger partial charge in [-0.3, -0.25) is 19.7 Å². The van der Waals surface area contributed by atoms with Gasteiger partial charge in [0, 0.05) is 22.3 Å². The topological polar surface area (TPSA) is 114 Å². The van der Waals surface area contributed by atoms with Gasteiger partial charge in [-0.2, -0.15) is 0 Å². The van der Waals surface area contributed by atoms with Crippen LogP contribution >= 0.6 is 11.6 Å². The number of hydrogen-bond donors (Lipinski definition) is 2. The van der Waals surface area contributed by atoms with E-state index in [0.29, 0.717) is 21.8 Å². The van der Waals surface area contributed by atoms with E-state index >= 15 is 0 Å². The molecule has 1 unspecified atom stereocenters. The number of anilines is 1. The molecule has 2 N–H and O–H groups in total. The quantitative estimate of drug-likeness (QED) is 0.285. The molecule has 182 valence electrons. The lowest BCUT2D eigenvalue weighted by atomic mass is 9.77. The lowest BCUT2D eigenvalue weighted by molar-refractivity contribution is -0.385. The first-order chi connectivity index (χ1) is 17.9. The fourth-order valence-corrected chi connectivity index (χ4v) is 4.64. The number of amidine groups is 1. The Bertz CT molecular complexity index is 1570. The Balaban J connectivity index is 1.76. The van der Waals surface area contributed by atoms with E-state index in [4.69, 9.17) is 16.6 Å². The molecule has 0 spiro atoms. The van der Waals surface area contributed by atoms with Gasteiger partial charge in [0.15, 0.2) is 5.84 Å². The van der Waals surface area contributed by atoms with Gasteiger partial charge in [-0.15, -0.1) is 0 Å². The van der Waals surface area contributed by atoms with Gasteiger partial charge in [0.05, 0.1) is 4.92 Å². The molecule has 5 rings (SSSR count). The van der Waals surface area contributed by atoms with Gasteiger partial charge in [-0.25, -0.2) is 4.99 Å². The van der Waals surface area contributed by atoms with Crippen molar-refractivity contribution in [2.75, 3.05) is 5.32 Å². The summed E-state index contributed by atoms with van der Waals surface area (Å²) in [6.45, 7) is 0. The summed E-state index contributed by atoms with van der Waals surface area (Å²) < 4.78 is 0. The largest absolute Gasteiger partial charge is 0.319 e. The SMILES string of the molecule is O=C1Nc2ccccc2C(c2ccccc2)(c2cccc(Cl)c2)N=C1NC(=O)c1ccccc1[N+](=O)[O-]. The molecule has 9 heteroatoms. The Labute approximate surface area is 216 Å². The molecule has 1 aliphatic heterocycles. The van der Waals surface area contributed by atoms with E-state index in [1.165, 1.54) is 24.3 Å². The van der Waals surface area contributed by atoms with Gasteiger partial charge in [0.1, 0.15) is 11.1 Å². The van der Waals surface area contributed by atoms with Crippen molar-refractivity contribution in [2.24, 2.45) is 4.99 Å². The molecule has 0 bridgehead atoms. The van der Waals surface area contributed by atoms with E-state index in [9.17, 15) is 19.7 Å². The number of aliphatic imine (C=N–C) groups is 1. The number of nitro benzene ring substituents is 1. The lowest BCUT2D eigenvalue weighted by Gasteiger charge is -2.32. The van der Waals surface area contributed by atoms with Gasteiger partial charge >= 0.3 is 0 Å². The van der Waals surface area contributed by atoms with Crippen LogP contribution < -0.4 is 10.6 Å². The number of benzene rings is 4. The number of nitro groups is 1. The lowest BCUT2D eigenvalue weighted by Crippen LogP contribution is -2.40. The van der Waals surface area contributed by atoms with Crippen molar-refractivity contribution >= 4 is 40.6 Å². The van der Waals surface area contributed by atoms with Gasteiger partial charge in [-0.1, -0.05) is 84.4 Å². The van der Waals surface area contributed by atoms with Crippen molar-refractivity contribution in [3.8, 4) is 0 Å². The van der Waals surface area contributed by atoms with Crippen LogP contribution in [0.2, 0.25) is 5.02 Å². The maximum absolute atomic E-state index is 13.4. The predicted molar refractivity (Wildman–Crippen MR) is 141 cm³/mol. The molecule has 1 atom stereocenters. The van der Waals surface area contributed by atoms with E-state index in [2.05, 4.69) is 10.6 Å². The molecule has 4 aromatic carbocycles. The van der Waals surface area contributed by atoms with Crippen molar-refractivity contribution in [1.29, 1.82) is 0 Å². The fraction of sp³-hybridized carbons (Fsp3) is 0.0357. The summed E-state index contributed by atoms with van der Waals surface area (Å²) >= 11 is 6.39. The van der Waals surface area contributed by atoms with Crippen LogP contribution in [0.1, 0.15) is 27.0 Å². The van der Waals surface area contributed by atoms with Crippen LogP contribution in [0.25, 0.3) is 0 Å². The van der Waals surface area contributed by atoms with Crippen molar-refractivity contribution in [3.05, 3.63) is 141 Å². The molecule has 2 amide bonds. The third-order valence-electron chi connectivity index (χ3n) is 6.07. The molecule has 37 heavy (non-hydrogen) atoms. The number of para-hydroxylation sites is 2. The van der Waals surface area contributed by atoms with E-state index < -0.39 is 22.3 Å². The number of rotatable bonds is 4. The van der Waals surface area contributed by atoms with Gasteiger partial charge in [-0.05, 0) is 35.4 Å². The highest BCUT2D eigenvalue weighted by atomic mass is 35.5. The molecule has 1 heterocycles. The van der Waals surface area contributed by atoms with Crippen LogP contribution in [-0.4, -0.2) is 22.6 Å². The summed E-state index contributed by atoms with van der Waals surface area (Å²) in [6.07, 6.45) is 0. The normalized spacial score (nSPS) is 16.6. The summed E-state index contributed by atoms with van der Waals surface area (Å²) in [5, 5.41) is 17.3. The molecule has 0 fully saturated rings. The molecule has 0 radical (unpaired) electrons. The first-order valence-corrected chi connectivity index (χ1v) is 11.6. The number of amides is 2. The zero-order valence-electron chi connectivity index (χ0n) is 19.2. The third kappa shape index (κ3) is 4.34.